The highest BCUT2D eigenvalue weighted by molar-refractivity contribution is 6.31. The third-order valence-electron chi connectivity index (χ3n) is 4.09. The van der Waals surface area contributed by atoms with E-state index in [1.807, 2.05) is 4.57 Å². The molecule has 26 heavy (non-hydrogen) atoms. The maximum atomic E-state index is 12.7. The lowest BCUT2D eigenvalue weighted by Gasteiger charge is -2.32. The lowest BCUT2D eigenvalue weighted by molar-refractivity contribution is -0.148. The number of hydrogen-bond donors (Lipinski definition) is 2. The molecule has 0 bridgehead atoms. The van der Waals surface area contributed by atoms with Crippen LogP contribution in [0.15, 0.2) is 30.6 Å². The quantitative estimate of drug-likeness (QED) is 0.788. The van der Waals surface area contributed by atoms with Crippen molar-refractivity contribution in [2.45, 2.75) is 38.6 Å². The summed E-state index contributed by atoms with van der Waals surface area (Å²) < 4.78 is 7.38. The molecule has 0 aliphatic carbocycles. The van der Waals surface area contributed by atoms with Crippen molar-refractivity contribution >= 4 is 23.4 Å². The molecule has 9 heteroatoms. The highest BCUT2D eigenvalue weighted by Gasteiger charge is 2.37. The van der Waals surface area contributed by atoms with Crippen molar-refractivity contribution in [3.05, 3.63) is 47.0 Å². The summed E-state index contributed by atoms with van der Waals surface area (Å²) in [6.45, 7) is 2.87. The summed E-state index contributed by atoms with van der Waals surface area (Å²) in [6.07, 6.45) is 1.69. The van der Waals surface area contributed by atoms with Gasteiger partial charge in [0.15, 0.2) is 11.9 Å². The third-order valence-corrected chi connectivity index (χ3v) is 4.44. The first-order valence-electron chi connectivity index (χ1n) is 8.40. The fourth-order valence-corrected chi connectivity index (χ4v) is 3.11. The van der Waals surface area contributed by atoms with Gasteiger partial charge in [-0.3, -0.25) is 9.59 Å². The molecule has 2 atom stereocenters. The van der Waals surface area contributed by atoms with Crippen LogP contribution >= 0.6 is 11.6 Å². The monoisotopic (exact) mass is 377 g/mol. The van der Waals surface area contributed by atoms with E-state index in [9.17, 15) is 9.59 Å². The lowest BCUT2D eigenvalue weighted by atomic mass is 9.99. The Kier molecular flexibility index (Phi) is 5.85. The smallest absolute Gasteiger partial charge is 0.252 e. The number of benzene rings is 1. The maximum Gasteiger partial charge on any atom is 0.252 e. The number of aromatic nitrogens is 3. The number of morpholine rings is 1. The van der Waals surface area contributed by atoms with Gasteiger partial charge in [0.1, 0.15) is 12.9 Å². The van der Waals surface area contributed by atoms with Crippen LogP contribution in [0.3, 0.4) is 0 Å². The van der Waals surface area contributed by atoms with Gasteiger partial charge in [0.2, 0.25) is 5.91 Å². The van der Waals surface area contributed by atoms with E-state index in [0.717, 1.165) is 13.0 Å². The third kappa shape index (κ3) is 4.03. The number of nitrogens with zero attached hydrogens (tertiary/aromatic N) is 3. The Balaban J connectivity index is 1.72. The number of carbonyl (C=O) groups excluding carboxylic acids is 2. The Hall–Kier alpha value is -2.45. The summed E-state index contributed by atoms with van der Waals surface area (Å²) in [5, 5.41) is 13.9. The fourth-order valence-electron chi connectivity index (χ4n) is 2.86. The van der Waals surface area contributed by atoms with Crippen molar-refractivity contribution in [2.24, 2.45) is 0 Å². The van der Waals surface area contributed by atoms with E-state index in [-0.39, 0.29) is 25.0 Å². The van der Waals surface area contributed by atoms with Crippen LogP contribution in [0.1, 0.15) is 30.8 Å². The second-order valence-corrected chi connectivity index (χ2v) is 6.36. The van der Waals surface area contributed by atoms with Gasteiger partial charge in [0, 0.05) is 11.6 Å². The summed E-state index contributed by atoms with van der Waals surface area (Å²) >= 11 is 6.23. The van der Waals surface area contributed by atoms with Crippen LogP contribution in [0.5, 0.6) is 0 Å². The largest absolute Gasteiger partial charge is 0.356 e. The Labute approximate surface area is 155 Å². The average molecular weight is 378 g/mol. The van der Waals surface area contributed by atoms with Gasteiger partial charge in [0.25, 0.3) is 5.91 Å². The first-order chi connectivity index (χ1) is 12.6. The molecule has 8 nitrogen and oxygen atoms in total. The van der Waals surface area contributed by atoms with Gasteiger partial charge in [0.05, 0.1) is 12.6 Å². The van der Waals surface area contributed by atoms with Crippen LogP contribution < -0.4 is 10.6 Å². The minimum Gasteiger partial charge on any atom is -0.356 e. The molecule has 2 aromatic rings. The number of nitrogens with one attached hydrogen (secondary N) is 2. The number of halogens is 1. The molecule has 2 N–H and O–H groups in total. The molecule has 1 aliphatic rings. The van der Waals surface area contributed by atoms with E-state index in [1.165, 1.54) is 0 Å². The van der Waals surface area contributed by atoms with E-state index in [4.69, 9.17) is 16.3 Å². The molecule has 0 radical (unpaired) electrons. The Bertz CT molecular complexity index is 794. The molecular weight excluding hydrogens is 358 g/mol. The Morgan fingerprint density at radius 2 is 2.27 bits per heavy atom. The van der Waals surface area contributed by atoms with E-state index < -0.39 is 12.1 Å². The van der Waals surface area contributed by atoms with Crippen LogP contribution in [-0.2, 0) is 27.4 Å². The molecule has 0 saturated carbocycles. The van der Waals surface area contributed by atoms with E-state index in [2.05, 4.69) is 27.8 Å². The van der Waals surface area contributed by atoms with Crippen molar-refractivity contribution in [3.8, 4) is 0 Å². The van der Waals surface area contributed by atoms with Crippen LogP contribution in [0.4, 0.5) is 0 Å². The van der Waals surface area contributed by atoms with Gasteiger partial charge in [-0.1, -0.05) is 36.7 Å². The minimum atomic E-state index is -0.879. The summed E-state index contributed by atoms with van der Waals surface area (Å²) in [5.74, 6) is 0.0250. The van der Waals surface area contributed by atoms with Gasteiger partial charge in [-0.2, -0.15) is 0 Å². The average Bonchev–Trinajstić information content (AvgIpc) is 3.07. The SMILES string of the molecule is CCCn1cnnc1CNC(=O)[C@H]1OCC(=O)N[C@@H]1c1ccccc1Cl. The number of hydrogen-bond acceptors (Lipinski definition) is 5. The van der Waals surface area contributed by atoms with Crippen LogP contribution in [0, 0.1) is 0 Å². The topological polar surface area (TPSA) is 98.1 Å². The zero-order valence-corrected chi connectivity index (χ0v) is 15.1. The summed E-state index contributed by atoms with van der Waals surface area (Å²) in [4.78, 5) is 24.4. The number of rotatable bonds is 6. The zero-order chi connectivity index (χ0) is 18.5. The predicted molar refractivity (Wildman–Crippen MR) is 94.2 cm³/mol. The maximum absolute atomic E-state index is 12.7. The second-order valence-electron chi connectivity index (χ2n) is 5.96. The van der Waals surface area contributed by atoms with E-state index >= 15 is 0 Å². The zero-order valence-electron chi connectivity index (χ0n) is 14.3. The lowest BCUT2D eigenvalue weighted by Crippen LogP contribution is -2.52. The Morgan fingerprint density at radius 3 is 3.04 bits per heavy atom. The molecule has 2 heterocycles. The molecule has 138 valence electrons. The fraction of sp³-hybridized carbons (Fsp3) is 0.412. The molecule has 1 aliphatic heterocycles. The van der Waals surface area contributed by atoms with Gasteiger partial charge in [-0.05, 0) is 18.1 Å². The summed E-state index contributed by atoms with van der Waals surface area (Å²) in [6, 6.07) is 6.40. The molecule has 1 aromatic carbocycles. The standard InChI is InChI=1S/C17H20ClN5O3/c1-2-7-23-10-20-22-13(23)8-19-17(25)16-15(21-14(24)9-26-16)11-5-3-4-6-12(11)18/h3-6,10,15-16H,2,7-9H2,1H3,(H,19,25)(H,21,24)/t15-,16+/m1/s1. The highest BCUT2D eigenvalue weighted by Crippen LogP contribution is 2.28. The van der Waals surface area contributed by atoms with Crippen LogP contribution in [-0.4, -0.2) is 39.3 Å². The van der Waals surface area contributed by atoms with Crippen molar-refractivity contribution < 1.29 is 14.3 Å². The van der Waals surface area contributed by atoms with Gasteiger partial charge >= 0.3 is 0 Å². The van der Waals surface area contributed by atoms with Crippen molar-refractivity contribution in [1.29, 1.82) is 0 Å². The Morgan fingerprint density at radius 1 is 1.46 bits per heavy atom. The van der Waals surface area contributed by atoms with Crippen molar-refractivity contribution in [3.63, 3.8) is 0 Å². The molecule has 2 amide bonds. The minimum absolute atomic E-state index is 0.176. The summed E-state index contributed by atoms with van der Waals surface area (Å²) in [7, 11) is 0. The van der Waals surface area contributed by atoms with Gasteiger partial charge in [-0.25, -0.2) is 0 Å². The number of carbonyl (C=O) groups is 2. The predicted octanol–water partition coefficient (Wildman–Crippen LogP) is 1.21. The molecule has 0 unspecified atom stereocenters. The first kappa shape index (κ1) is 18.3. The van der Waals surface area contributed by atoms with E-state index in [0.29, 0.717) is 16.4 Å². The first-order valence-corrected chi connectivity index (χ1v) is 8.77. The molecule has 0 spiro atoms. The number of aryl methyl sites for hydroxylation is 1. The van der Waals surface area contributed by atoms with Gasteiger partial charge in [-0.15, -0.1) is 10.2 Å². The number of ether oxygens (including phenoxy) is 1. The molecule has 1 fully saturated rings. The molecule has 3 rings (SSSR count). The molecular formula is C17H20ClN5O3. The van der Waals surface area contributed by atoms with Crippen molar-refractivity contribution in [1.82, 2.24) is 25.4 Å². The van der Waals surface area contributed by atoms with E-state index in [1.54, 1.807) is 30.6 Å². The van der Waals surface area contributed by atoms with Crippen molar-refractivity contribution in [2.75, 3.05) is 6.61 Å². The van der Waals surface area contributed by atoms with Crippen LogP contribution in [0.25, 0.3) is 0 Å². The molecule has 1 saturated heterocycles. The summed E-state index contributed by atoms with van der Waals surface area (Å²) in [5.41, 5.74) is 0.636. The van der Waals surface area contributed by atoms with Crippen LogP contribution in [0.2, 0.25) is 5.02 Å². The van der Waals surface area contributed by atoms with Gasteiger partial charge < -0.3 is 19.9 Å². The normalized spacial score (nSPS) is 19.8. The number of amides is 2. The highest BCUT2D eigenvalue weighted by atomic mass is 35.5. The second kappa shape index (κ2) is 8.29. The molecule has 1 aromatic heterocycles.